The van der Waals surface area contributed by atoms with Crippen LogP contribution in [0.25, 0.3) is 0 Å². The number of nitrogens with zero attached hydrogens (tertiary/aromatic N) is 2. The van der Waals surface area contributed by atoms with E-state index in [1.54, 1.807) is 0 Å². The normalized spacial score (nSPS) is 12.8. The number of carbonyl (C=O) groups is 2. The van der Waals surface area contributed by atoms with E-state index in [2.05, 4.69) is 20.5 Å². The van der Waals surface area contributed by atoms with Gasteiger partial charge in [-0.3, -0.25) is 4.79 Å². The highest BCUT2D eigenvalue weighted by Crippen LogP contribution is 2.31. The van der Waals surface area contributed by atoms with Crippen molar-refractivity contribution < 1.29 is 32.5 Å². The number of hydrogen-bond donors (Lipinski definition) is 3. The van der Waals surface area contributed by atoms with Gasteiger partial charge in [0.2, 0.25) is 0 Å². The van der Waals surface area contributed by atoms with E-state index >= 15 is 0 Å². The molecular formula is C15H18F3N5O5. The van der Waals surface area contributed by atoms with E-state index in [1.165, 1.54) is 6.07 Å². The van der Waals surface area contributed by atoms with Crippen molar-refractivity contribution in [3.05, 3.63) is 45.5 Å². The molecular weight excluding hydrogens is 387 g/mol. The van der Waals surface area contributed by atoms with Crippen molar-refractivity contribution in [1.82, 2.24) is 10.6 Å². The van der Waals surface area contributed by atoms with Crippen LogP contribution >= 0.6 is 0 Å². The number of benzene rings is 1. The summed E-state index contributed by atoms with van der Waals surface area (Å²) in [5.41, 5.74) is 3.45. The van der Waals surface area contributed by atoms with Crippen molar-refractivity contribution >= 4 is 17.8 Å². The highest BCUT2D eigenvalue weighted by Gasteiger charge is 2.35. The molecule has 28 heavy (non-hydrogen) atoms. The fourth-order valence-electron chi connectivity index (χ4n) is 2.20. The molecule has 10 nitrogen and oxygen atoms in total. The molecule has 0 aliphatic rings. The molecule has 0 bridgehead atoms. The quantitative estimate of drug-likeness (QED) is 0.145. The number of esters is 1. The van der Waals surface area contributed by atoms with Gasteiger partial charge in [-0.25, -0.2) is 14.9 Å². The SMILES string of the molecule is COC(=O)[C@@H](CCCN/C(N)=N\[N+](=O)[O-])NC(=O)c1ccccc1C(F)(F)F. The van der Waals surface area contributed by atoms with E-state index in [9.17, 15) is 32.9 Å². The van der Waals surface area contributed by atoms with Gasteiger partial charge in [0.1, 0.15) is 11.1 Å². The van der Waals surface area contributed by atoms with Crippen molar-refractivity contribution in [3.63, 3.8) is 0 Å². The number of carbonyl (C=O) groups excluding carboxylic acids is 2. The molecule has 1 amide bonds. The number of alkyl halides is 3. The number of amides is 1. The second-order valence-electron chi connectivity index (χ2n) is 5.38. The summed E-state index contributed by atoms with van der Waals surface area (Å²) >= 11 is 0. The molecule has 4 N–H and O–H groups in total. The topological polar surface area (TPSA) is 149 Å². The predicted molar refractivity (Wildman–Crippen MR) is 90.6 cm³/mol. The van der Waals surface area contributed by atoms with Crippen molar-refractivity contribution in [2.24, 2.45) is 10.8 Å². The minimum atomic E-state index is -4.74. The Bertz CT molecular complexity index is 754. The third-order valence-corrected chi connectivity index (χ3v) is 3.43. The first kappa shape index (κ1) is 22.7. The molecule has 0 radical (unpaired) electrons. The van der Waals surface area contributed by atoms with E-state index in [-0.39, 0.29) is 19.4 Å². The van der Waals surface area contributed by atoms with Crippen LogP contribution < -0.4 is 16.4 Å². The van der Waals surface area contributed by atoms with Crippen LogP contribution in [0.1, 0.15) is 28.8 Å². The Morgan fingerprint density at radius 1 is 1.36 bits per heavy atom. The summed E-state index contributed by atoms with van der Waals surface area (Å²) in [6, 6.07) is 2.92. The van der Waals surface area contributed by atoms with Gasteiger partial charge in [0, 0.05) is 6.54 Å². The molecule has 0 aromatic heterocycles. The Morgan fingerprint density at radius 2 is 2.00 bits per heavy atom. The van der Waals surface area contributed by atoms with Crippen LogP contribution in [0.3, 0.4) is 0 Å². The van der Waals surface area contributed by atoms with Crippen molar-refractivity contribution in [1.29, 1.82) is 0 Å². The van der Waals surface area contributed by atoms with Gasteiger partial charge in [0.15, 0.2) is 5.03 Å². The number of rotatable bonds is 8. The molecule has 0 heterocycles. The highest BCUT2D eigenvalue weighted by atomic mass is 19.4. The van der Waals surface area contributed by atoms with Crippen LogP contribution in [0.5, 0.6) is 0 Å². The number of hydrazone groups is 1. The Morgan fingerprint density at radius 3 is 2.57 bits per heavy atom. The lowest BCUT2D eigenvalue weighted by Gasteiger charge is -2.18. The summed E-state index contributed by atoms with van der Waals surface area (Å²) in [6.07, 6.45) is -4.59. The summed E-state index contributed by atoms with van der Waals surface area (Å²) in [5, 5.41) is 16.6. The molecule has 154 valence electrons. The third-order valence-electron chi connectivity index (χ3n) is 3.43. The number of nitrogens with one attached hydrogen (secondary N) is 2. The average Bonchev–Trinajstić information content (AvgIpc) is 2.62. The maximum absolute atomic E-state index is 13.0. The van der Waals surface area contributed by atoms with Crippen LogP contribution in [-0.2, 0) is 15.7 Å². The van der Waals surface area contributed by atoms with E-state index < -0.39 is 46.2 Å². The molecule has 0 saturated carbocycles. The predicted octanol–water partition coefficient (Wildman–Crippen LogP) is 0.853. The number of ether oxygens (including phenoxy) is 1. The summed E-state index contributed by atoms with van der Waals surface area (Å²) < 4.78 is 43.6. The molecule has 13 heteroatoms. The lowest BCUT2D eigenvalue weighted by atomic mass is 10.1. The Labute approximate surface area is 157 Å². The Kier molecular flexibility index (Phi) is 8.16. The van der Waals surface area contributed by atoms with Gasteiger partial charge in [-0.2, -0.15) is 13.2 Å². The molecule has 0 fully saturated rings. The molecule has 1 aromatic rings. The second kappa shape index (κ2) is 10.1. The van der Waals surface area contributed by atoms with Crippen molar-refractivity contribution in [2.45, 2.75) is 25.1 Å². The minimum absolute atomic E-state index is 0.0225. The molecule has 0 unspecified atom stereocenters. The lowest BCUT2D eigenvalue weighted by molar-refractivity contribution is -0.485. The van der Waals surface area contributed by atoms with Crippen LogP contribution in [-0.4, -0.2) is 42.6 Å². The van der Waals surface area contributed by atoms with Gasteiger partial charge >= 0.3 is 12.1 Å². The molecule has 0 aliphatic carbocycles. The highest BCUT2D eigenvalue weighted by molar-refractivity contribution is 5.98. The largest absolute Gasteiger partial charge is 0.467 e. The summed E-state index contributed by atoms with van der Waals surface area (Å²) in [7, 11) is 1.06. The van der Waals surface area contributed by atoms with E-state index in [1.807, 2.05) is 0 Å². The summed E-state index contributed by atoms with van der Waals surface area (Å²) in [6.45, 7) is 0.0612. The first-order chi connectivity index (χ1) is 13.1. The smallest absolute Gasteiger partial charge is 0.417 e. The van der Waals surface area contributed by atoms with Gasteiger partial charge in [-0.05, 0) is 25.0 Å². The number of hydrogen-bond acceptors (Lipinski definition) is 5. The summed E-state index contributed by atoms with van der Waals surface area (Å²) in [4.78, 5) is 34.2. The third kappa shape index (κ3) is 7.09. The van der Waals surface area contributed by atoms with Crippen LogP contribution in [0, 0.1) is 10.1 Å². The van der Waals surface area contributed by atoms with E-state index in [0.717, 1.165) is 25.3 Å². The van der Waals surface area contributed by atoms with Crippen molar-refractivity contribution in [3.8, 4) is 0 Å². The minimum Gasteiger partial charge on any atom is -0.467 e. The van der Waals surface area contributed by atoms with Gasteiger partial charge in [0.25, 0.3) is 11.9 Å². The maximum Gasteiger partial charge on any atom is 0.417 e. The monoisotopic (exact) mass is 405 g/mol. The first-order valence-corrected chi connectivity index (χ1v) is 7.83. The average molecular weight is 405 g/mol. The zero-order valence-electron chi connectivity index (χ0n) is 14.7. The van der Waals surface area contributed by atoms with Gasteiger partial charge in [-0.15, -0.1) is 0 Å². The molecule has 1 rings (SSSR count). The zero-order valence-corrected chi connectivity index (χ0v) is 14.7. The fraction of sp³-hybridized carbons (Fsp3) is 0.400. The van der Waals surface area contributed by atoms with Crippen LogP contribution in [0.4, 0.5) is 13.2 Å². The Hall–Kier alpha value is -3.38. The number of halogens is 3. The lowest BCUT2D eigenvalue weighted by Crippen LogP contribution is -2.43. The molecule has 0 spiro atoms. The Balaban J connectivity index is 2.79. The van der Waals surface area contributed by atoms with Gasteiger partial charge in [-0.1, -0.05) is 12.1 Å². The first-order valence-electron chi connectivity index (χ1n) is 7.83. The van der Waals surface area contributed by atoms with Crippen LogP contribution in [0.15, 0.2) is 29.4 Å². The van der Waals surface area contributed by atoms with Gasteiger partial charge < -0.3 is 21.1 Å². The standard InChI is InChI=1S/C15H18F3N5O5/c1-28-13(25)11(7-4-8-20-14(19)22-23(26)27)21-12(24)9-5-2-3-6-10(9)15(16,17)18/h2-3,5-6,11H,4,7-8H2,1H3,(H,21,24)(H3,19,20,22)/t11-/m1/s1. The van der Waals surface area contributed by atoms with Crippen molar-refractivity contribution in [2.75, 3.05) is 13.7 Å². The number of guanidine groups is 1. The molecule has 1 atom stereocenters. The fourth-order valence-corrected chi connectivity index (χ4v) is 2.20. The maximum atomic E-state index is 13.0. The number of methoxy groups -OCH3 is 1. The number of nitro groups is 1. The summed E-state index contributed by atoms with van der Waals surface area (Å²) in [5.74, 6) is -2.40. The second-order valence-corrected chi connectivity index (χ2v) is 5.38. The number of nitrogens with two attached hydrogens (primary N) is 1. The molecule has 1 aromatic carbocycles. The van der Waals surface area contributed by atoms with Crippen LogP contribution in [0.2, 0.25) is 0 Å². The van der Waals surface area contributed by atoms with E-state index in [4.69, 9.17) is 5.73 Å². The molecule has 0 saturated heterocycles. The van der Waals surface area contributed by atoms with E-state index in [0.29, 0.717) is 0 Å². The molecule has 0 aliphatic heterocycles. The zero-order chi connectivity index (χ0) is 21.3. The van der Waals surface area contributed by atoms with Gasteiger partial charge in [0.05, 0.1) is 18.2 Å².